The van der Waals surface area contributed by atoms with Crippen LogP contribution in [0.5, 0.6) is 0 Å². The maximum absolute atomic E-state index is 11.7. The lowest BCUT2D eigenvalue weighted by Gasteiger charge is -2.14. The van der Waals surface area contributed by atoms with Gasteiger partial charge in [0.15, 0.2) is 5.03 Å². The van der Waals surface area contributed by atoms with Crippen molar-refractivity contribution in [1.82, 2.24) is 14.9 Å². The molecule has 1 heterocycles. The molecule has 0 spiro atoms. The summed E-state index contributed by atoms with van der Waals surface area (Å²) in [7, 11) is -3.49. The summed E-state index contributed by atoms with van der Waals surface area (Å²) in [6.45, 7) is 3.59. The van der Waals surface area contributed by atoms with Crippen LogP contribution in [0.15, 0.2) is 17.3 Å². The second kappa shape index (κ2) is 4.96. The van der Waals surface area contributed by atoms with Gasteiger partial charge in [0.1, 0.15) is 0 Å². The van der Waals surface area contributed by atoms with Gasteiger partial charge >= 0.3 is 0 Å². The third-order valence-electron chi connectivity index (χ3n) is 1.80. The molecule has 0 aliphatic rings. The normalized spacial score (nSPS) is 16.2. The topological polar surface area (TPSA) is 74.8 Å². The predicted molar refractivity (Wildman–Crippen MR) is 58.3 cm³/mol. The Labute approximate surface area is 94.3 Å². The molecule has 15 heavy (non-hydrogen) atoms. The number of nitrogens with zero attached hydrogens (tertiary/aromatic N) is 1. The Morgan fingerprint density at radius 1 is 1.60 bits per heavy atom. The van der Waals surface area contributed by atoms with Crippen LogP contribution in [0.4, 0.5) is 0 Å². The van der Waals surface area contributed by atoms with Gasteiger partial charge in [-0.05, 0) is 26.3 Å². The zero-order valence-electron chi connectivity index (χ0n) is 8.57. The minimum atomic E-state index is -3.49. The van der Waals surface area contributed by atoms with Crippen LogP contribution in [0.3, 0.4) is 0 Å². The number of hydrogen-bond acceptors (Lipinski definition) is 3. The third-order valence-corrected chi connectivity index (χ3v) is 3.50. The molecule has 0 aliphatic carbocycles. The van der Waals surface area contributed by atoms with Gasteiger partial charge < -0.3 is 0 Å². The quantitative estimate of drug-likeness (QED) is 0.770. The first-order chi connectivity index (χ1) is 6.92. The molecule has 1 rings (SSSR count). The van der Waals surface area contributed by atoms with Crippen molar-refractivity contribution in [3.63, 3.8) is 0 Å². The molecule has 2 atom stereocenters. The molecule has 0 aromatic carbocycles. The van der Waals surface area contributed by atoms with Gasteiger partial charge in [0.05, 0.1) is 6.20 Å². The van der Waals surface area contributed by atoms with Crippen molar-refractivity contribution in [1.29, 1.82) is 0 Å². The Morgan fingerprint density at radius 2 is 2.27 bits per heavy atom. The predicted octanol–water partition coefficient (Wildman–Crippen LogP) is 1.09. The van der Waals surface area contributed by atoms with E-state index in [1.54, 1.807) is 6.92 Å². The van der Waals surface area contributed by atoms with E-state index in [4.69, 9.17) is 11.6 Å². The molecule has 2 N–H and O–H groups in total. The molecular formula is C8H14ClN3O2S. The van der Waals surface area contributed by atoms with Gasteiger partial charge in [0, 0.05) is 11.4 Å². The number of rotatable bonds is 5. The standard InChI is InChI=1S/C8H14ClN3O2S/c1-6(9)5-7(2)12-15(13,14)8-3-4-10-11-8/h3-4,6-7,12H,5H2,1-2H3,(H,10,11). The van der Waals surface area contributed by atoms with Crippen molar-refractivity contribution in [2.45, 2.75) is 36.7 Å². The molecule has 2 unspecified atom stereocenters. The fraction of sp³-hybridized carbons (Fsp3) is 0.625. The lowest BCUT2D eigenvalue weighted by atomic mass is 10.2. The second-order valence-electron chi connectivity index (χ2n) is 3.46. The highest BCUT2D eigenvalue weighted by atomic mass is 35.5. The minimum Gasteiger partial charge on any atom is -0.266 e. The first kappa shape index (κ1) is 12.5. The Balaban J connectivity index is 2.66. The number of aromatic nitrogens is 2. The molecule has 0 radical (unpaired) electrons. The lowest BCUT2D eigenvalue weighted by molar-refractivity contribution is 0.542. The fourth-order valence-electron chi connectivity index (χ4n) is 1.26. The van der Waals surface area contributed by atoms with Crippen molar-refractivity contribution in [3.05, 3.63) is 12.3 Å². The van der Waals surface area contributed by atoms with Crippen molar-refractivity contribution in [2.75, 3.05) is 0 Å². The molecule has 1 aromatic rings. The van der Waals surface area contributed by atoms with E-state index in [0.29, 0.717) is 6.42 Å². The summed E-state index contributed by atoms with van der Waals surface area (Å²) >= 11 is 5.77. The van der Waals surface area contributed by atoms with E-state index >= 15 is 0 Å². The summed E-state index contributed by atoms with van der Waals surface area (Å²) in [5.74, 6) is 0. The van der Waals surface area contributed by atoms with Gasteiger partial charge in [0.2, 0.25) is 0 Å². The molecule has 0 aliphatic heterocycles. The first-order valence-corrected chi connectivity index (χ1v) is 6.49. The van der Waals surface area contributed by atoms with Crippen molar-refractivity contribution >= 4 is 21.6 Å². The molecule has 86 valence electrons. The molecular weight excluding hydrogens is 238 g/mol. The van der Waals surface area contributed by atoms with E-state index in [0.717, 1.165) is 0 Å². The van der Waals surface area contributed by atoms with Gasteiger partial charge in [-0.3, -0.25) is 5.10 Å². The SMILES string of the molecule is CC(Cl)CC(C)NS(=O)(=O)c1ccn[nH]1. The zero-order valence-corrected chi connectivity index (χ0v) is 10.1. The summed E-state index contributed by atoms with van der Waals surface area (Å²) in [6, 6.07) is 1.20. The van der Waals surface area contributed by atoms with Crippen LogP contribution in [0.25, 0.3) is 0 Å². The molecule has 7 heteroatoms. The summed E-state index contributed by atoms with van der Waals surface area (Å²) in [5, 5.41) is 5.99. The van der Waals surface area contributed by atoms with Gasteiger partial charge in [-0.25, -0.2) is 13.1 Å². The molecule has 5 nitrogen and oxygen atoms in total. The van der Waals surface area contributed by atoms with Gasteiger partial charge in [-0.15, -0.1) is 11.6 Å². The summed E-state index contributed by atoms with van der Waals surface area (Å²) in [6.07, 6.45) is 1.97. The van der Waals surface area contributed by atoms with E-state index < -0.39 is 10.0 Å². The average molecular weight is 252 g/mol. The molecule has 1 aromatic heterocycles. The Hall–Kier alpha value is -0.590. The highest BCUT2D eigenvalue weighted by molar-refractivity contribution is 7.89. The van der Waals surface area contributed by atoms with Crippen LogP contribution in [0.2, 0.25) is 0 Å². The number of halogens is 1. The Morgan fingerprint density at radius 3 is 2.73 bits per heavy atom. The van der Waals surface area contributed by atoms with Crippen LogP contribution in [-0.2, 0) is 10.0 Å². The largest absolute Gasteiger partial charge is 0.266 e. The van der Waals surface area contributed by atoms with E-state index in [9.17, 15) is 8.42 Å². The van der Waals surface area contributed by atoms with Gasteiger partial charge in [-0.1, -0.05) is 0 Å². The van der Waals surface area contributed by atoms with Crippen LogP contribution in [0, 0.1) is 0 Å². The second-order valence-corrected chi connectivity index (χ2v) is 5.89. The first-order valence-electron chi connectivity index (χ1n) is 4.57. The molecule has 0 bridgehead atoms. The van der Waals surface area contributed by atoms with Crippen LogP contribution >= 0.6 is 11.6 Å². The maximum atomic E-state index is 11.7. The number of sulfonamides is 1. The molecule has 0 amide bonds. The Kier molecular flexibility index (Phi) is 4.12. The summed E-state index contributed by atoms with van der Waals surface area (Å²) in [5.41, 5.74) is 0. The van der Waals surface area contributed by atoms with E-state index in [2.05, 4.69) is 14.9 Å². The van der Waals surface area contributed by atoms with Gasteiger partial charge in [-0.2, -0.15) is 5.10 Å². The zero-order chi connectivity index (χ0) is 11.5. The van der Waals surface area contributed by atoms with E-state index in [1.165, 1.54) is 12.3 Å². The third kappa shape index (κ3) is 3.81. The van der Waals surface area contributed by atoms with Crippen molar-refractivity contribution < 1.29 is 8.42 Å². The van der Waals surface area contributed by atoms with E-state index in [-0.39, 0.29) is 16.4 Å². The Bertz CT molecular complexity index is 388. The number of hydrogen-bond donors (Lipinski definition) is 2. The summed E-state index contributed by atoms with van der Waals surface area (Å²) in [4.78, 5) is 0. The number of alkyl halides is 1. The summed E-state index contributed by atoms with van der Waals surface area (Å²) < 4.78 is 25.8. The average Bonchev–Trinajstić information content (AvgIpc) is 2.51. The maximum Gasteiger partial charge on any atom is 0.257 e. The van der Waals surface area contributed by atoms with Crippen molar-refractivity contribution in [2.24, 2.45) is 0 Å². The van der Waals surface area contributed by atoms with Gasteiger partial charge in [0.25, 0.3) is 10.0 Å². The van der Waals surface area contributed by atoms with E-state index in [1.807, 2.05) is 6.92 Å². The smallest absolute Gasteiger partial charge is 0.257 e. The number of nitrogens with one attached hydrogen (secondary N) is 2. The van der Waals surface area contributed by atoms with Crippen LogP contribution < -0.4 is 4.72 Å². The monoisotopic (exact) mass is 251 g/mol. The number of H-pyrrole nitrogens is 1. The fourth-order valence-corrected chi connectivity index (χ4v) is 2.69. The lowest BCUT2D eigenvalue weighted by Crippen LogP contribution is -2.34. The number of aromatic amines is 1. The molecule has 0 fully saturated rings. The highest BCUT2D eigenvalue weighted by Crippen LogP contribution is 2.08. The van der Waals surface area contributed by atoms with Crippen molar-refractivity contribution in [3.8, 4) is 0 Å². The van der Waals surface area contributed by atoms with Crippen LogP contribution in [0.1, 0.15) is 20.3 Å². The highest BCUT2D eigenvalue weighted by Gasteiger charge is 2.19. The minimum absolute atomic E-state index is 0.0653. The molecule has 0 saturated heterocycles. The molecule has 0 saturated carbocycles. The van der Waals surface area contributed by atoms with Crippen LogP contribution in [-0.4, -0.2) is 30.0 Å².